The van der Waals surface area contributed by atoms with E-state index in [0.29, 0.717) is 36.7 Å². The number of sulfonamides is 1. The van der Waals surface area contributed by atoms with Gasteiger partial charge in [-0.2, -0.15) is 4.31 Å². The van der Waals surface area contributed by atoms with Crippen molar-refractivity contribution in [2.75, 3.05) is 25.0 Å². The molecule has 0 radical (unpaired) electrons. The fourth-order valence-electron chi connectivity index (χ4n) is 2.71. The van der Waals surface area contributed by atoms with Crippen LogP contribution in [0.2, 0.25) is 0 Å². The van der Waals surface area contributed by atoms with Crippen LogP contribution >= 0.6 is 0 Å². The number of carbonyl (C=O) groups excluding carboxylic acids is 1. The molecule has 0 saturated heterocycles. The second-order valence-electron chi connectivity index (χ2n) is 6.27. The van der Waals surface area contributed by atoms with E-state index in [9.17, 15) is 13.2 Å². The first kappa shape index (κ1) is 21.9. The van der Waals surface area contributed by atoms with Gasteiger partial charge in [0.1, 0.15) is 5.75 Å². The van der Waals surface area contributed by atoms with Gasteiger partial charge < -0.3 is 10.1 Å². The number of rotatable bonds is 10. The number of ether oxygens (including phenoxy) is 1. The van der Waals surface area contributed by atoms with E-state index in [-0.39, 0.29) is 10.8 Å². The fourth-order valence-corrected chi connectivity index (χ4v) is 4.17. The van der Waals surface area contributed by atoms with E-state index in [2.05, 4.69) is 12.2 Å². The smallest absolute Gasteiger partial charge is 0.255 e. The zero-order valence-corrected chi connectivity index (χ0v) is 17.5. The van der Waals surface area contributed by atoms with Crippen LogP contribution in [0, 0.1) is 0 Å². The van der Waals surface area contributed by atoms with E-state index in [0.717, 1.165) is 12.8 Å². The summed E-state index contributed by atoms with van der Waals surface area (Å²) in [6.45, 7) is 7.06. The highest BCUT2D eigenvalue weighted by molar-refractivity contribution is 7.89. The predicted octanol–water partition coefficient (Wildman–Crippen LogP) is 4.15. The van der Waals surface area contributed by atoms with Crippen molar-refractivity contribution in [1.29, 1.82) is 0 Å². The lowest BCUT2D eigenvalue weighted by Crippen LogP contribution is -2.30. The number of para-hydroxylation sites is 2. The first-order valence-corrected chi connectivity index (χ1v) is 11.0. The molecule has 7 heteroatoms. The molecule has 152 valence electrons. The summed E-state index contributed by atoms with van der Waals surface area (Å²) in [5.74, 6) is 0.295. The maximum absolute atomic E-state index is 12.6. The van der Waals surface area contributed by atoms with Crippen molar-refractivity contribution in [3.63, 3.8) is 0 Å². The van der Waals surface area contributed by atoms with Gasteiger partial charge in [0, 0.05) is 18.7 Å². The van der Waals surface area contributed by atoms with Gasteiger partial charge in [0.15, 0.2) is 0 Å². The summed E-state index contributed by atoms with van der Waals surface area (Å²) in [4.78, 5) is 12.8. The van der Waals surface area contributed by atoms with Gasteiger partial charge in [-0.1, -0.05) is 39.3 Å². The molecule has 0 aliphatic heterocycles. The molecular formula is C21H28N2O4S. The Balaban J connectivity index is 2.14. The third-order valence-corrected chi connectivity index (χ3v) is 6.41. The zero-order chi connectivity index (χ0) is 20.6. The van der Waals surface area contributed by atoms with Gasteiger partial charge in [0.05, 0.1) is 17.2 Å². The van der Waals surface area contributed by atoms with Crippen LogP contribution in [-0.2, 0) is 10.0 Å². The van der Waals surface area contributed by atoms with E-state index in [1.165, 1.54) is 28.6 Å². The Bertz CT molecular complexity index is 876. The summed E-state index contributed by atoms with van der Waals surface area (Å²) in [6.07, 6.45) is 1.96. The Morgan fingerprint density at radius 1 is 1.00 bits per heavy atom. The maximum Gasteiger partial charge on any atom is 0.255 e. The molecule has 1 amide bonds. The Morgan fingerprint density at radius 2 is 1.64 bits per heavy atom. The molecule has 0 saturated carbocycles. The predicted molar refractivity (Wildman–Crippen MR) is 111 cm³/mol. The number of carbonyl (C=O) groups is 1. The number of unbranched alkanes of at least 4 members (excludes halogenated alkanes) is 1. The lowest BCUT2D eigenvalue weighted by Gasteiger charge is -2.18. The minimum Gasteiger partial charge on any atom is -0.491 e. The summed E-state index contributed by atoms with van der Waals surface area (Å²) in [7, 11) is -3.54. The largest absolute Gasteiger partial charge is 0.491 e. The maximum atomic E-state index is 12.6. The Hall–Kier alpha value is -2.38. The summed E-state index contributed by atoms with van der Waals surface area (Å²) in [6, 6.07) is 13.2. The molecule has 6 nitrogen and oxygen atoms in total. The first-order valence-electron chi connectivity index (χ1n) is 9.57. The van der Waals surface area contributed by atoms with Gasteiger partial charge >= 0.3 is 0 Å². The quantitative estimate of drug-likeness (QED) is 0.604. The van der Waals surface area contributed by atoms with Crippen LogP contribution in [0.25, 0.3) is 0 Å². The second-order valence-corrected chi connectivity index (χ2v) is 8.20. The third-order valence-electron chi connectivity index (χ3n) is 4.35. The number of hydrogen-bond acceptors (Lipinski definition) is 4. The lowest BCUT2D eigenvalue weighted by atomic mass is 10.2. The van der Waals surface area contributed by atoms with Crippen LogP contribution in [0.1, 0.15) is 44.0 Å². The molecule has 0 aliphatic carbocycles. The molecule has 1 N–H and O–H groups in total. The number of hydrogen-bond donors (Lipinski definition) is 1. The Labute approximate surface area is 167 Å². The standard InChI is InChI=1S/C21H28N2O4S/c1-4-7-16-27-20-11-9-8-10-19(20)22-21(24)17-12-14-18(15-13-17)28(25,26)23(5-2)6-3/h8-15H,4-7,16H2,1-3H3,(H,22,24). The minimum atomic E-state index is -3.54. The highest BCUT2D eigenvalue weighted by atomic mass is 32.2. The van der Waals surface area contributed by atoms with E-state index < -0.39 is 10.0 Å². The van der Waals surface area contributed by atoms with Crippen molar-refractivity contribution in [2.24, 2.45) is 0 Å². The monoisotopic (exact) mass is 404 g/mol. The summed E-state index contributed by atoms with van der Waals surface area (Å²) in [5.41, 5.74) is 0.963. The van der Waals surface area contributed by atoms with E-state index in [1.807, 2.05) is 18.2 Å². The molecule has 2 aromatic rings. The highest BCUT2D eigenvalue weighted by Crippen LogP contribution is 2.25. The summed E-state index contributed by atoms with van der Waals surface area (Å²) >= 11 is 0. The van der Waals surface area contributed by atoms with Gasteiger partial charge in [-0.3, -0.25) is 4.79 Å². The molecule has 0 atom stereocenters. The second kappa shape index (κ2) is 10.2. The first-order chi connectivity index (χ1) is 13.4. The molecule has 0 spiro atoms. The minimum absolute atomic E-state index is 0.177. The number of nitrogens with zero attached hydrogens (tertiary/aromatic N) is 1. The van der Waals surface area contributed by atoms with Crippen molar-refractivity contribution >= 4 is 21.6 Å². The van der Waals surface area contributed by atoms with Gasteiger partial charge in [0.25, 0.3) is 5.91 Å². The normalized spacial score (nSPS) is 11.4. The number of anilines is 1. The van der Waals surface area contributed by atoms with Crippen LogP contribution in [0.4, 0.5) is 5.69 Å². The third kappa shape index (κ3) is 5.33. The zero-order valence-electron chi connectivity index (χ0n) is 16.6. The van der Waals surface area contributed by atoms with Gasteiger partial charge in [-0.15, -0.1) is 0 Å². The summed E-state index contributed by atoms with van der Waals surface area (Å²) < 4.78 is 32.2. The number of benzene rings is 2. The van der Waals surface area contributed by atoms with E-state index >= 15 is 0 Å². The molecule has 28 heavy (non-hydrogen) atoms. The van der Waals surface area contributed by atoms with Crippen LogP contribution < -0.4 is 10.1 Å². The van der Waals surface area contributed by atoms with Crippen LogP contribution in [0.15, 0.2) is 53.4 Å². The molecular weight excluding hydrogens is 376 g/mol. The molecule has 0 aromatic heterocycles. The highest BCUT2D eigenvalue weighted by Gasteiger charge is 2.21. The van der Waals surface area contributed by atoms with Gasteiger partial charge in [-0.25, -0.2) is 8.42 Å². The van der Waals surface area contributed by atoms with Crippen molar-refractivity contribution in [2.45, 2.75) is 38.5 Å². The van der Waals surface area contributed by atoms with Gasteiger partial charge in [0.2, 0.25) is 10.0 Å². The van der Waals surface area contributed by atoms with Crippen LogP contribution in [-0.4, -0.2) is 38.3 Å². The SMILES string of the molecule is CCCCOc1ccccc1NC(=O)c1ccc(S(=O)(=O)N(CC)CC)cc1. The average Bonchev–Trinajstić information content (AvgIpc) is 2.70. The van der Waals surface area contributed by atoms with Crippen molar-refractivity contribution in [3.05, 3.63) is 54.1 Å². The molecule has 0 bridgehead atoms. The van der Waals surface area contributed by atoms with Crippen LogP contribution in [0.5, 0.6) is 5.75 Å². The molecule has 0 fully saturated rings. The Morgan fingerprint density at radius 3 is 2.25 bits per heavy atom. The lowest BCUT2D eigenvalue weighted by molar-refractivity contribution is 0.102. The average molecular weight is 405 g/mol. The molecule has 0 heterocycles. The number of amides is 1. The van der Waals surface area contributed by atoms with Crippen molar-refractivity contribution < 1.29 is 17.9 Å². The molecule has 2 aromatic carbocycles. The Kier molecular flexibility index (Phi) is 8.02. The van der Waals surface area contributed by atoms with Crippen molar-refractivity contribution in [1.82, 2.24) is 4.31 Å². The fraction of sp³-hybridized carbons (Fsp3) is 0.381. The van der Waals surface area contributed by atoms with E-state index in [4.69, 9.17) is 4.74 Å². The molecule has 0 aliphatic rings. The van der Waals surface area contributed by atoms with E-state index in [1.54, 1.807) is 19.9 Å². The summed E-state index contributed by atoms with van der Waals surface area (Å²) in [5, 5.41) is 2.83. The topological polar surface area (TPSA) is 75.7 Å². The molecule has 2 rings (SSSR count). The number of nitrogens with one attached hydrogen (secondary N) is 1. The van der Waals surface area contributed by atoms with Crippen molar-refractivity contribution in [3.8, 4) is 5.75 Å². The molecule has 0 unspecified atom stereocenters. The van der Waals surface area contributed by atoms with Gasteiger partial charge in [-0.05, 0) is 42.8 Å². The van der Waals surface area contributed by atoms with Crippen LogP contribution in [0.3, 0.4) is 0 Å².